The van der Waals surface area contributed by atoms with Gasteiger partial charge >= 0.3 is 5.97 Å². The van der Waals surface area contributed by atoms with Crippen molar-refractivity contribution in [3.8, 4) is 5.82 Å². The molecule has 0 aliphatic carbocycles. The summed E-state index contributed by atoms with van der Waals surface area (Å²) in [5, 5.41) is 21.7. The molecule has 174 valence electrons. The van der Waals surface area contributed by atoms with E-state index in [1.165, 1.54) is 17.1 Å². The first-order chi connectivity index (χ1) is 15.9. The summed E-state index contributed by atoms with van der Waals surface area (Å²) >= 11 is 0. The predicted molar refractivity (Wildman–Crippen MR) is 115 cm³/mol. The van der Waals surface area contributed by atoms with Gasteiger partial charge in [0.05, 0.1) is 17.2 Å². The van der Waals surface area contributed by atoms with E-state index in [0.717, 1.165) is 37.9 Å². The molecule has 2 saturated heterocycles. The number of esters is 1. The zero-order valence-corrected chi connectivity index (χ0v) is 18.7. The minimum atomic E-state index is -0.683. The summed E-state index contributed by atoms with van der Waals surface area (Å²) in [6, 6.07) is 3.61. The fourth-order valence-electron chi connectivity index (χ4n) is 5.27. The van der Waals surface area contributed by atoms with E-state index in [2.05, 4.69) is 25.4 Å². The van der Waals surface area contributed by atoms with Crippen molar-refractivity contribution in [2.75, 3.05) is 19.6 Å². The topological polar surface area (TPSA) is 127 Å². The summed E-state index contributed by atoms with van der Waals surface area (Å²) in [7, 11) is 0. The van der Waals surface area contributed by atoms with Crippen molar-refractivity contribution in [3.63, 3.8) is 0 Å². The van der Waals surface area contributed by atoms with Crippen LogP contribution in [0.3, 0.4) is 0 Å². The van der Waals surface area contributed by atoms with Gasteiger partial charge in [-0.15, -0.1) is 5.10 Å². The van der Waals surface area contributed by atoms with Gasteiger partial charge in [0.15, 0.2) is 5.82 Å². The van der Waals surface area contributed by atoms with Gasteiger partial charge in [-0.05, 0) is 62.7 Å². The van der Waals surface area contributed by atoms with Gasteiger partial charge in [0, 0.05) is 30.4 Å². The number of nitrogens with zero attached hydrogens (tertiary/aromatic N) is 7. The summed E-state index contributed by atoms with van der Waals surface area (Å²) in [5.41, 5.74) is 0.975. The number of carbonyl (C=O) groups is 2. The average Bonchev–Trinajstić information content (AvgIpc) is 3.50. The number of aliphatic hydroxyl groups is 1. The van der Waals surface area contributed by atoms with Crippen molar-refractivity contribution in [2.24, 2.45) is 5.41 Å². The van der Waals surface area contributed by atoms with E-state index < -0.39 is 17.6 Å². The minimum absolute atomic E-state index is 0.0302. The highest BCUT2D eigenvalue weighted by atomic mass is 16.5. The number of rotatable bonds is 5. The lowest BCUT2D eigenvalue weighted by molar-refractivity contribution is -0.141. The molecule has 3 atom stereocenters. The first-order valence-corrected chi connectivity index (χ1v) is 11.2. The molecule has 33 heavy (non-hydrogen) atoms. The number of ether oxygens (including phenoxy) is 1. The Labute approximate surface area is 191 Å². The number of carbonyl (C=O) groups excluding carboxylic acids is 2. The zero-order chi connectivity index (χ0) is 23.2. The van der Waals surface area contributed by atoms with E-state index in [0.29, 0.717) is 18.1 Å². The molecule has 0 saturated carbocycles. The molecular weight excluding hydrogens is 426 g/mol. The zero-order valence-electron chi connectivity index (χ0n) is 18.7. The van der Waals surface area contributed by atoms with E-state index in [4.69, 9.17) is 4.74 Å². The second-order valence-electron chi connectivity index (χ2n) is 9.18. The third kappa shape index (κ3) is 3.91. The highest BCUT2D eigenvalue weighted by Crippen LogP contribution is 2.46. The number of pyridine rings is 1. The van der Waals surface area contributed by atoms with Crippen LogP contribution in [-0.4, -0.2) is 83.8 Å². The maximum Gasteiger partial charge on any atom is 0.333 e. The Kier molecular flexibility index (Phi) is 5.45. The molecule has 2 aromatic heterocycles. The lowest BCUT2D eigenvalue weighted by Gasteiger charge is -2.38. The van der Waals surface area contributed by atoms with Gasteiger partial charge in [0.25, 0.3) is 0 Å². The Hall–Kier alpha value is -3.18. The summed E-state index contributed by atoms with van der Waals surface area (Å²) < 4.78 is 6.66. The van der Waals surface area contributed by atoms with Crippen LogP contribution in [-0.2, 0) is 14.3 Å². The van der Waals surface area contributed by atoms with Crippen molar-refractivity contribution >= 4 is 11.9 Å². The molecule has 2 fully saturated rings. The molecule has 5 heterocycles. The van der Waals surface area contributed by atoms with E-state index in [9.17, 15) is 14.7 Å². The number of tetrazole rings is 1. The normalized spacial score (nSPS) is 26.0. The second kappa shape index (κ2) is 8.31. The number of hydrogen-bond acceptors (Lipinski definition) is 9. The molecule has 2 aromatic rings. The van der Waals surface area contributed by atoms with Gasteiger partial charge in [0.2, 0.25) is 5.91 Å². The van der Waals surface area contributed by atoms with Crippen LogP contribution < -0.4 is 0 Å². The predicted octanol–water partition coefficient (Wildman–Crippen LogP) is 0.623. The number of piperidine rings is 1. The molecule has 3 aliphatic rings. The van der Waals surface area contributed by atoms with Crippen molar-refractivity contribution in [1.29, 1.82) is 0 Å². The number of aromatic nitrogens is 5. The van der Waals surface area contributed by atoms with E-state index in [1.54, 1.807) is 24.1 Å². The van der Waals surface area contributed by atoms with Crippen molar-refractivity contribution in [3.05, 3.63) is 42.0 Å². The highest BCUT2D eigenvalue weighted by Gasteiger charge is 2.53. The number of β-amino-alcohol motifs (C(OH)–C–C–N with tert-alkyl or cyclic N) is 1. The Morgan fingerprint density at radius 2 is 2.03 bits per heavy atom. The third-order valence-electron chi connectivity index (χ3n) is 7.04. The standard InChI is InChI=1S/C22H27N7O4/c1-14-10-22(21(32)29(14)17-9-20(31)33-15(17)2)5-7-27(8-6-22)12-18(30)16-3-4-19(23-11-16)28-13-24-25-26-28/h3-4,9,11,13-15,18,30H,5-8,10,12H2,1-2H3/t14-,15?,18+/m0/s1. The van der Waals surface area contributed by atoms with Gasteiger partial charge in [-0.3, -0.25) is 4.79 Å². The monoisotopic (exact) mass is 453 g/mol. The minimum Gasteiger partial charge on any atom is -0.453 e. The van der Waals surface area contributed by atoms with Crippen LogP contribution in [0.5, 0.6) is 0 Å². The number of amides is 1. The lowest BCUT2D eigenvalue weighted by atomic mass is 9.76. The average molecular weight is 454 g/mol. The fraction of sp³-hybridized carbons (Fsp3) is 0.545. The Bertz CT molecular complexity index is 1060. The lowest BCUT2D eigenvalue weighted by Crippen LogP contribution is -2.46. The van der Waals surface area contributed by atoms with Gasteiger partial charge in [-0.25, -0.2) is 9.78 Å². The van der Waals surface area contributed by atoms with Crippen LogP contribution in [0.1, 0.15) is 44.8 Å². The quantitative estimate of drug-likeness (QED) is 0.648. The number of cyclic esters (lactones) is 1. The largest absolute Gasteiger partial charge is 0.453 e. The molecule has 0 aromatic carbocycles. The van der Waals surface area contributed by atoms with Gasteiger partial charge in [0.1, 0.15) is 12.4 Å². The smallest absolute Gasteiger partial charge is 0.333 e. The molecule has 11 nitrogen and oxygen atoms in total. The molecule has 1 amide bonds. The van der Waals surface area contributed by atoms with Crippen LogP contribution in [0, 0.1) is 5.41 Å². The fourth-order valence-corrected chi connectivity index (χ4v) is 5.27. The Morgan fingerprint density at radius 3 is 2.64 bits per heavy atom. The molecule has 0 bridgehead atoms. The van der Waals surface area contributed by atoms with E-state index >= 15 is 0 Å². The molecule has 0 radical (unpaired) electrons. The van der Waals surface area contributed by atoms with Crippen LogP contribution in [0.15, 0.2) is 36.4 Å². The molecule has 1 unspecified atom stereocenters. The van der Waals surface area contributed by atoms with Crippen molar-refractivity contribution in [2.45, 2.75) is 51.4 Å². The molecule has 11 heteroatoms. The van der Waals surface area contributed by atoms with Crippen LogP contribution in [0.25, 0.3) is 5.82 Å². The summed E-state index contributed by atoms with van der Waals surface area (Å²) in [5.74, 6) is 0.282. The number of aliphatic hydroxyl groups excluding tert-OH is 1. The van der Waals surface area contributed by atoms with Gasteiger partial charge < -0.3 is 19.6 Å². The molecular formula is C22H27N7O4. The molecule has 3 aliphatic heterocycles. The first-order valence-electron chi connectivity index (χ1n) is 11.2. The highest BCUT2D eigenvalue weighted by molar-refractivity contribution is 5.91. The maximum absolute atomic E-state index is 13.4. The number of hydrogen-bond donors (Lipinski definition) is 1. The molecule has 1 spiro atoms. The van der Waals surface area contributed by atoms with Gasteiger partial charge in [-0.1, -0.05) is 6.07 Å². The van der Waals surface area contributed by atoms with Crippen LogP contribution in [0.4, 0.5) is 0 Å². The molecule has 1 N–H and O–H groups in total. The second-order valence-corrected chi connectivity index (χ2v) is 9.18. The van der Waals surface area contributed by atoms with E-state index in [1.807, 2.05) is 13.0 Å². The molecule has 5 rings (SSSR count). The van der Waals surface area contributed by atoms with E-state index in [-0.39, 0.29) is 17.9 Å². The summed E-state index contributed by atoms with van der Waals surface area (Å²) in [6.07, 6.45) is 5.69. The maximum atomic E-state index is 13.4. The third-order valence-corrected chi connectivity index (χ3v) is 7.04. The van der Waals surface area contributed by atoms with Crippen molar-refractivity contribution < 1.29 is 19.4 Å². The number of likely N-dealkylation sites (tertiary alicyclic amines) is 2. The Balaban J connectivity index is 1.20. The van der Waals surface area contributed by atoms with Crippen molar-refractivity contribution in [1.82, 2.24) is 35.0 Å². The summed E-state index contributed by atoms with van der Waals surface area (Å²) in [6.45, 7) is 5.76. The SMILES string of the molecule is CC1OC(=O)C=C1N1C(=O)C2(CCN(C[C@@H](O)c3ccc(-n4cnnn4)nc3)CC2)C[C@@H]1C. The first kappa shape index (κ1) is 21.7. The summed E-state index contributed by atoms with van der Waals surface area (Å²) in [4.78, 5) is 33.4. The Morgan fingerprint density at radius 1 is 1.24 bits per heavy atom. The van der Waals surface area contributed by atoms with Crippen LogP contribution in [0.2, 0.25) is 0 Å². The van der Waals surface area contributed by atoms with Gasteiger partial charge in [-0.2, -0.15) is 4.68 Å². The van der Waals surface area contributed by atoms with Crippen LogP contribution >= 0.6 is 0 Å².